The molecule has 1 radical (unpaired) electrons. The van der Waals surface area contributed by atoms with E-state index in [2.05, 4.69) is 191 Å². The van der Waals surface area contributed by atoms with Crippen molar-refractivity contribution in [2.75, 3.05) is 4.90 Å². The molecule has 54 heavy (non-hydrogen) atoms. The Labute approximate surface area is 322 Å². The summed E-state index contributed by atoms with van der Waals surface area (Å²) in [5, 5.41) is 2.49. The van der Waals surface area contributed by atoms with Crippen LogP contribution in [-0.4, -0.2) is 34.4 Å². The maximum absolute atomic E-state index is 14.8. The first-order chi connectivity index (χ1) is 26.7. The van der Waals surface area contributed by atoms with E-state index in [1.807, 2.05) is 0 Å². The summed E-state index contributed by atoms with van der Waals surface area (Å²) in [6, 6.07) is 61.3. The van der Waals surface area contributed by atoms with Gasteiger partial charge in [0.05, 0.1) is 0 Å². The molecule has 0 bridgehead atoms. The second-order valence-corrected chi connectivity index (χ2v) is 17.7. The van der Waals surface area contributed by atoms with Crippen LogP contribution in [0, 0.1) is 5.92 Å². The van der Waals surface area contributed by atoms with Crippen LogP contribution in [0.5, 0.6) is 0 Å². The summed E-state index contributed by atoms with van der Waals surface area (Å²) in [5.41, 5.74) is 14.8. The second kappa shape index (κ2) is 11.2. The SMILES string of the molecule is O=C1c2ccc(-n3c4ccccc4c4ccccc43)cc2[Te]=C2C=C3C(=CC12)C1(c2ccccc23)c2ccccc2N(c2ccccc2)c2ccccc21. The van der Waals surface area contributed by atoms with Crippen LogP contribution in [0.15, 0.2) is 188 Å². The summed E-state index contributed by atoms with van der Waals surface area (Å²) in [4.78, 5) is 17.3. The van der Waals surface area contributed by atoms with Gasteiger partial charge in [0.1, 0.15) is 0 Å². The number of aromatic nitrogens is 1. The molecule has 7 aromatic carbocycles. The molecule has 0 saturated heterocycles. The van der Waals surface area contributed by atoms with E-state index in [1.165, 1.54) is 73.7 Å². The van der Waals surface area contributed by atoms with Crippen LogP contribution in [0.4, 0.5) is 17.1 Å². The first-order valence-corrected chi connectivity index (χ1v) is 20.8. The quantitative estimate of drug-likeness (QED) is 0.163. The van der Waals surface area contributed by atoms with Gasteiger partial charge in [-0.05, 0) is 0 Å². The van der Waals surface area contributed by atoms with Crippen LogP contribution in [0.2, 0.25) is 0 Å². The fraction of sp³-hybridized carbons (Fsp3) is 0.0400. The molecule has 12 rings (SSSR count). The summed E-state index contributed by atoms with van der Waals surface area (Å²) in [6.45, 7) is 0. The number of carbonyl (C=O) groups is 1. The maximum atomic E-state index is 14.8. The van der Waals surface area contributed by atoms with Gasteiger partial charge in [-0.3, -0.25) is 0 Å². The van der Waals surface area contributed by atoms with Crippen LogP contribution >= 0.6 is 0 Å². The predicted octanol–water partition coefficient (Wildman–Crippen LogP) is 10.3. The molecule has 1 aromatic heterocycles. The Balaban J connectivity index is 1.07. The Bertz CT molecular complexity index is 2940. The number of hydrogen-bond acceptors (Lipinski definition) is 2. The normalized spacial score (nSPS) is 17.2. The van der Waals surface area contributed by atoms with Crippen molar-refractivity contribution in [3.8, 4) is 5.69 Å². The van der Waals surface area contributed by atoms with E-state index >= 15 is 0 Å². The molecular weight excluding hydrogens is 772 g/mol. The van der Waals surface area contributed by atoms with Gasteiger partial charge in [-0.25, -0.2) is 0 Å². The van der Waals surface area contributed by atoms with Gasteiger partial charge >= 0.3 is 325 Å². The van der Waals surface area contributed by atoms with E-state index in [1.54, 1.807) is 0 Å². The third-order valence-electron chi connectivity index (χ3n) is 11.9. The summed E-state index contributed by atoms with van der Waals surface area (Å²) in [7, 11) is 0. The zero-order valence-electron chi connectivity index (χ0n) is 29.1. The van der Waals surface area contributed by atoms with E-state index in [9.17, 15) is 4.79 Å². The first-order valence-electron chi connectivity index (χ1n) is 18.5. The molecule has 0 N–H and O–H groups in total. The molecule has 2 aliphatic carbocycles. The Morgan fingerprint density at radius 2 is 1.13 bits per heavy atom. The summed E-state index contributed by atoms with van der Waals surface area (Å²) in [6.07, 6.45) is 4.80. The minimum atomic E-state index is -0.857. The molecule has 2 aliphatic heterocycles. The number of Topliss-reactive ketones (excluding diaryl/α,β-unsaturated/α-hetero) is 1. The molecule has 8 aromatic rings. The zero-order valence-corrected chi connectivity index (χ0v) is 31.4. The number of nitrogens with zero attached hydrogens (tertiary/aromatic N) is 2. The van der Waals surface area contributed by atoms with Gasteiger partial charge in [0, 0.05) is 0 Å². The van der Waals surface area contributed by atoms with Crippen LogP contribution in [-0.2, 0) is 5.41 Å². The van der Waals surface area contributed by atoms with Crippen molar-refractivity contribution >= 4 is 77.8 Å². The summed E-state index contributed by atoms with van der Waals surface area (Å²) >= 11 is -0.857. The van der Waals surface area contributed by atoms with Gasteiger partial charge in [0.25, 0.3) is 0 Å². The Morgan fingerprint density at radius 3 is 1.83 bits per heavy atom. The number of para-hydroxylation sites is 5. The molecule has 0 saturated carbocycles. The van der Waals surface area contributed by atoms with E-state index < -0.39 is 25.9 Å². The molecule has 1 spiro atoms. The molecule has 3 heterocycles. The monoisotopic (exact) mass is 805 g/mol. The Morgan fingerprint density at radius 1 is 0.537 bits per heavy atom. The topological polar surface area (TPSA) is 25.2 Å². The van der Waals surface area contributed by atoms with Crippen LogP contribution in [0.25, 0.3) is 33.1 Å². The van der Waals surface area contributed by atoms with Crippen LogP contribution in [0.3, 0.4) is 0 Å². The second-order valence-electron chi connectivity index (χ2n) is 14.5. The van der Waals surface area contributed by atoms with Gasteiger partial charge in [0.2, 0.25) is 0 Å². The number of hydrogen-bond donors (Lipinski definition) is 0. The van der Waals surface area contributed by atoms with Crippen molar-refractivity contribution in [2.45, 2.75) is 5.41 Å². The molecule has 253 valence electrons. The van der Waals surface area contributed by atoms with Crippen LogP contribution in [0.1, 0.15) is 32.6 Å². The summed E-state index contributed by atoms with van der Waals surface area (Å²) < 4.78 is 4.88. The average molecular weight is 803 g/mol. The molecule has 4 aliphatic rings. The van der Waals surface area contributed by atoms with Crippen molar-refractivity contribution < 1.29 is 4.79 Å². The number of ketones is 1. The molecule has 0 fully saturated rings. The number of fused-ring (bicyclic) bond motifs is 14. The number of carbonyl (C=O) groups excluding carboxylic acids is 1. The van der Waals surface area contributed by atoms with Gasteiger partial charge in [-0.2, -0.15) is 0 Å². The molecule has 4 heteroatoms. The molecule has 0 amide bonds. The van der Waals surface area contributed by atoms with Crippen molar-refractivity contribution in [2.24, 2.45) is 5.92 Å². The third-order valence-corrected chi connectivity index (χ3v) is 15.3. The molecule has 3 nitrogen and oxygen atoms in total. The first kappa shape index (κ1) is 30.4. The van der Waals surface area contributed by atoms with E-state index in [0.29, 0.717) is 0 Å². The van der Waals surface area contributed by atoms with E-state index in [4.69, 9.17) is 0 Å². The van der Waals surface area contributed by atoms with Crippen molar-refractivity contribution in [3.63, 3.8) is 0 Å². The molecular formula is C50H31N2OTe. The zero-order chi connectivity index (χ0) is 35.5. The van der Waals surface area contributed by atoms with Gasteiger partial charge in [-0.15, -0.1) is 0 Å². The number of rotatable bonds is 2. The third kappa shape index (κ3) is 3.92. The fourth-order valence-electron chi connectivity index (χ4n) is 9.80. The Kier molecular flexibility index (Phi) is 6.33. The standard InChI is InChI=1S/C50H31N2OTe/c53-49-36-27-26-32(52-43-22-10-5-17-34(43)35-18-6-11-23-44(35)52)28-47(36)54-48-30-37-33-16-4-7-19-39(33)50(42(37)29-38(48)49)40-20-8-12-24-45(40)51(31-14-2-1-3-15-31)46-25-13-9-21-41(46)50/h1-30,38H. The van der Waals surface area contributed by atoms with Crippen molar-refractivity contribution in [3.05, 3.63) is 215 Å². The van der Waals surface area contributed by atoms with Crippen molar-refractivity contribution in [1.82, 2.24) is 4.57 Å². The number of benzene rings is 7. The fourth-order valence-corrected chi connectivity index (χ4v) is 13.2. The van der Waals surface area contributed by atoms with Crippen LogP contribution < -0.4 is 8.51 Å². The van der Waals surface area contributed by atoms with Gasteiger partial charge < -0.3 is 0 Å². The van der Waals surface area contributed by atoms with E-state index in [-0.39, 0.29) is 11.7 Å². The summed E-state index contributed by atoms with van der Waals surface area (Å²) in [5.74, 6) is -0.0577. The minimum absolute atomic E-state index is 0.210. The number of anilines is 3. The number of allylic oxidation sites excluding steroid dienone is 4. The molecule has 1 atom stereocenters. The van der Waals surface area contributed by atoms with Gasteiger partial charge in [0.15, 0.2) is 0 Å². The average Bonchev–Trinajstić information content (AvgIpc) is 3.71. The van der Waals surface area contributed by atoms with Crippen molar-refractivity contribution in [1.29, 1.82) is 0 Å². The molecule has 1 unspecified atom stereocenters. The van der Waals surface area contributed by atoms with E-state index in [0.717, 1.165) is 16.9 Å². The Hall–Kier alpha value is -6.05. The van der Waals surface area contributed by atoms with Gasteiger partial charge in [-0.1, -0.05) is 0 Å². The predicted molar refractivity (Wildman–Crippen MR) is 223 cm³/mol.